The second-order valence-electron chi connectivity index (χ2n) is 6.57. The summed E-state index contributed by atoms with van der Waals surface area (Å²) in [5.74, 6) is 0.900. The molecule has 1 amide bonds. The van der Waals surface area contributed by atoms with Gasteiger partial charge in [0.05, 0.1) is 19.0 Å². The molecule has 11 nitrogen and oxygen atoms in total. The summed E-state index contributed by atoms with van der Waals surface area (Å²) in [7, 11) is 5.11. The molecule has 11 heteroatoms. The van der Waals surface area contributed by atoms with Gasteiger partial charge in [0.15, 0.2) is 11.5 Å². The maximum absolute atomic E-state index is 12.3. The van der Waals surface area contributed by atoms with Gasteiger partial charge in [0.1, 0.15) is 24.6 Å². The molecule has 0 saturated heterocycles. The molecular formula is C19H25N7O4. The zero-order chi connectivity index (χ0) is 21.5. The highest BCUT2D eigenvalue weighted by Crippen LogP contribution is 2.40. The van der Waals surface area contributed by atoms with Gasteiger partial charge in [0, 0.05) is 26.7 Å². The Morgan fingerprint density at radius 1 is 0.967 bits per heavy atom. The van der Waals surface area contributed by atoms with Crippen LogP contribution >= 0.6 is 0 Å². The Labute approximate surface area is 173 Å². The zero-order valence-electron chi connectivity index (χ0n) is 17.5. The molecule has 1 aromatic carbocycles. The van der Waals surface area contributed by atoms with Crippen molar-refractivity contribution in [2.45, 2.75) is 26.6 Å². The molecule has 0 atom stereocenters. The number of rotatable bonds is 10. The van der Waals surface area contributed by atoms with E-state index in [1.54, 1.807) is 55.0 Å². The van der Waals surface area contributed by atoms with Gasteiger partial charge < -0.3 is 19.5 Å². The number of nitrogens with one attached hydrogen (secondary N) is 1. The molecule has 3 rings (SSSR count). The zero-order valence-corrected chi connectivity index (χ0v) is 17.5. The van der Waals surface area contributed by atoms with Gasteiger partial charge in [0.2, 0.25) is 5.75 Å². The summed E-state index contributed by atoms with van der Waals surface area (Å²) in [4.78, 5) is 12.3. The third-order valence-electron chi connectivity index (χ3n) is 4.01. The molecule has 0 bridgehead atoms. The van der Waals surface area contributed by atoms with Gasteiger partial charge in [-0.05, 0) is 18.6 Å². The first-order valence-electron chi connectivity index (χ1n) is 9.49. The molecule has 160 valence electrons. The molecule has 0 radical (unpaired) electrons. The average molecular weight is 415 g/mol. The fourth-order valence-electron chi connectivity index (χ4n) is 2.64. The number of hydrogen-bond acceptors (Lipinski definition) is 8. The third kappa shape index (κ3) is 5.25. The van der Waals surface area contributed by atoms with Crippen molar-refractivity contribution in [3.05, 3.63) is 41.5 Å². The van der Waals surface area contributed by atoms with Crippen LogP contribution in [0.5, 0.6) is 17.2 Å². The van der Waals surface area contributed by atoms with E-state index in [9.17, 15) is 4.79 Å². The van der Waals surface area contributed by atoms with E-state index >= 15 is 0 Å². The van der Waals surface area contributed by atoms with Crippen molar-refractivity contribution in [2.75, 3.05) is 13.7 Å². The van der Waals surface area contributed by atoms with Crippen LogP contribution in [0.4, 0.5) is 0 Å². The van der Waals surface area contributed by atoms with Crippen LogP contribution in [0.2, 0.25) is 0 Å². The molecule has 0 spiro atoms. The van der Waals surface area contributed by atoms with Crippen LogP contribution in [0, 0.1) is 0 Å². The van der Waals surface area contributed by atoms with E-state index in [4.69, 9.17) is 14.2 Å². The molecule has 0 aliphatic rings. The lowest BCUT2D eigenvalue weighted by molar-refractivity contribution is 0.0961. The van der Waals surface area contributed by atoms with Crippen molar-refractivity contribution in [3.63, 3.8) is 0 Å². The molecule has 2 aromatic heterocycles. The number of carbonyl (C=O) groups excluding carboxylic acids is 1. The van der Waals surface area contributed by atoms with Gasteiger partial charge in [-0.15, -0.1) is 10.2 Å². The Hall–Kier alpha value is -3.63. The first kappa shape index (κ1) is 21.1. The number of benzene rings is 1. The molecule has 3 aromatic rings. The standard InChI is InChI=1S/C19H25N7O4/c1-5-6-28-18-16(29-11-14-9-25(3)23-21-14)7-13(19(27)20-2)8-17(18)30-12-15-10-26(4)24-22-15/h7-10H,5-6,11-12H2,1-4H3,(H,20,27). The Morgan fingerprint density at radius 3 is 1.90 bits per heavy atom. The number of carbonyl (C=O) groups is 1. The maximum Gasteiger partial charge on any atom is 0.251 e. The summed E-state index contributed by atoms with van der Waals surface area (Å²) in [6.45, 7) is 2.79. The Bertz CT molecular complexity index is 933. The number of amides is 1. The monoisotopic (exact) mass is 415 g/mol. The van der Waals surface area contributed by atoms with Crippen molar-refractivity contribution in [1.29, 1.82) is 0 Å². The molecule has 0 saturated carbocycles. The van der Waals surface area contributed by atoms with Crippen LogP contribution < -0.4 is 19.5 Å². The fourth-order valence-corrected chi connectivity index (χ4v) is 2.64. The SMILES string of the molecule is CCCOc1c(OCc2cn(C)nn2)cc(C(=O)NC)cc1OCc1cn(C)nn1. The Kier molecular flexibility index (Phi) is 6.83. The molecule has 0 aliphatic heterocycles. The molecule has 0 fully saturated rings. The smallest absolute Gasteiger partial charge is 0.251 e. The highest BCUT2D eigenvalue weighted by Gasteiger charge is 2.19. The van der Waals surface area contributed by atoms with E-state index in [2.05, 4.69) is 25.9 Å². The molecule has 0 aliphatic carbocycles. The predicted molar refractivity (Wildman–Crippen MR) is 106 cm³/mol. The number of ether oxygens (including phenoxy) is 3. The summed E-state index contributed by atoms with van der Waals surface area (Å²) < 4.78 is 20.9. The molecule has 30 heavy (non-hydrogen) atoms. The van der Waals surface area contributed by atoms with Crippen LogP contribution in [0.3, 0.4) is 0 Å². The Morgan fingerprint density at radius 2 is 1.50 bits per heavy atom. The van der Waals surface area contributed by atoms with Crippen LogP contribution in [0.1, 0.15) is 35.1 Å². The van der Waals surface area contributed by atoms with E-state index in [0.717, 1.165) is 6.42 Å². The predicted octanol–water partition coefficient (Wildman–Crippen LogP) is 1.25. The van der Waals surface area contributed by atoms with Crippen molar-refractivity contribution < 1.29 is 19.0 Å². The van der Waals surface area contributed by atoms with E-state index in [1.807, 2.05) is 6.92 Å². The van der Waals surface area contributed by atoms with Gasteiger partial charge in [-0.2, -0.15) is 0 Å². The summed E-state index contributed by atoms with van der Waals surface area (Å²) in [5, 5.41) is 18.4. The molecule has 1 N–H and O–H groups in total. The van der Waals surface area contributed by atoms with Crippen molar-refractivity contribution in [1.82, 2.24) is 35.3 Å². The largest absolute Gasteiger partial charge is 0.486 e. The highest BCUT2D eigenvalue weighted by atomic mass is 16.5. The van der Waals surface area contributed by atoms with Crippen LogP contribution in [-0.2, 0) is 27.3 Å². The van der Waals surface area contributed by atoms with Gasteiger partial charge in [0.25, 0.3) is 5.91 Å². The maximum atomic E-state index is 12.3. The molecular weight excluding hydrogens is 390 g/mol. The van der Waals surface area contributed by atoms with E-state index in [0.29, 0.717) is 40.8 Å². The number of nitrogens with zero attached hydrogens (tertiary/aromatic N) is 6. The van der Waals surface area contributed by atoms with E-state index in [1.165, 1.54) is 0 Å². The van der Waals surface area contributed by atoms with Crippen LogP contribution in [0.15, 0.2) is 24.5 Å². The number of hydrogen-bond donors (Lipinski definition) is 1. The second kappa shape index (κ2) is 9.72. The summed E-state index contributed by atoms with van der Waals surface area (Å²) >= 11 is 0. The van der Waals surface area contributed by atoms with E-state index < -0.39 is 0 Å². The van der Waals surface area contributed by atoms with Crippen molar-refractivity contribution in [2.24, 2.45) is 14.1 Å². The van der Waals surface area contributed by atoms with E-state index in [-0.39, 0.29) is 19.1 Å². The number of aryl methyl sites for hydroxylation is 2. The quantitative estimate of drug-likeness (QED) is 0.526. The Balaban J connectivity index is 1.92. The lowest BCUT2D eigenvalue weighted by atomic mass is 10.1. The van der Waals surface area contributed by atoms with Gasteiger partial charge in [-0.3, -0.25) is 14.2 Å². The second-order valence-corrected chi connectivity index (χ2v) is 6.57. The summed E-state index contributed by atoms with van der Waals surface area (Å²) in [6.07, 6.45) is 4.30. The highest BCUT2D eigenvalue weighted by molar-refractivity contribution is 5.95. The first-order valence-corrected chi connectivity index (χ1v) is 9.49. The van der Waals surface area contributed by atoms with Crippen molar-refractivity contribution >= 4 is 5.91 Å². The lowest BCUT2D eigenvalue weighted by Crippen LogP contribution is -2.18. The molecule has 2 heterocycles. The fraction of sp³-hybridized carbons (Fsp3) is 0.421. The minimum atomic E-state index is -0.272. The average Bonchev–Trinajstić information content (AvgIpc) is 3.36. The van der Waals surface area contributed by atoms with Crippen LogP contribution in [0.25, 0.3) is 0 Å². The first-order chi connectivity index (χ1) is 14.5. The lowest BCUT2D eigenvalue weighted by Gasteiger charge is -2.17. The van der Waals surface area contributed by atoms with Gasteiger partial charge in [-0.1, -0.05) is 17.4 Å². The summed E-state index contributed by atoms with van der Waals surface area (Å²) in [6, 6.07) is 3.24. The molecule has 0 unspecified atom stereocenters. The number of aromatic nitrogens is 6. The third-order valence-corrected chi connectivity index (χ3v) is 4.01. The normalized spacial score (nSPS) is 10.7. The topological polar surface area (TPSA) is 118 Å². The van der Waals surface area contributed by atoms with Gasteiger partial charge >= 0.3 is 0 Å². The van der Waals surface area contributed by atoms with Gasteiger partial charge in [-0.25, -0.2) is 0 Å². The minimum absolute atomic E-state index is 0.164. The van der Waals surface area contributed by atoms with Crippen LogP contribution in [-0.4, -0.2) is 49.5 Å². The summed E-state index contributed by atoms with van der Waals surface area (Å²) in [5.41, 5.74) is 1.67. The van der Waals surface area contributed by atoms with Crippen molar-refractivity contribution in [3.8, 4) is 17.2 Å². The minimum Gasteiger partial charge on any atom is -0.486 e.